The van der Waals surface area contributed by atoms with Gasteiger partial charge >= 0.3 is 5.69 Å². The SMILES string of the molecule is C#CCCCCn1cc(F)c(=O)[nH]c1=O. The predicted octanol–water partition coefficient (Wildman–Crippen LogP) is 0.479. The van der Waals surface area contributed by atoms with Crippen molar-refractivity contribution in [1.82, 2.24) is 9.55 Å². The fraction of sp³-hybridized carbons (Fsp3) is 0.400. The summed E-state index contributed by atoms with van der Waals surface area (Å²) in [7, 11) is 0. The van der Waals surface area contributed by atoms with Crippen molar-refractivity contribution < 1.29 is 4.39 Å². The maximum absolute atomic E-state index is 12.8. The van der Waals surface area contributed by atoms with E-state index < -0.39 is 17.1 Å². The Labute approximate surface area is 85.8 Å². The van der Waals surface area contributed by atoms with Gasteiger partial charge in [0.15, 0.2) is 0 Å². The Kier molecular flexibility index (Phi) is 3.86. The number of aromatic nitrogens is 2. The van der Waals surface area contributed by atoms with Crippen LogP contribution in [0.4, 0.5) is 4.39 Å². The molecular weight excluding hydrogens is 199 g/mol. The Morgan fingerprint density at radius 2 is 2.20 bits per heavy atom. The number of rotatable bonds is 4. The average molecular weight is 210 g/mol. The Morgan fingerprint density at radius 3 is 2.87 bits per heavy atom. The van der Waals surface area contributed by atoms with E-state index in [1.54, 1.807) is 0 Å². The second kappa shape index (κ2) is 5.15. The number of nitrogens with zero attached hydrogens (tertiary/aromatic N) is 1. The van der Waals surface area contributed by atoms with Gasteiger partial charge in [-0.3, -0.25) is 14.3 Å². The Bertz CT molecular complexity index is 481. The molecule has 0 bridgehead atoms. The van der Waals surface area contributed by atoms with Crippen molar-refractivity contribution in [2.45, 2.75) is 25.8 Å². The molecule has 0 aliphatic heterocycles. The number of aromatic amines is 1. The van der Waals surface area contributed by atoms with Crippen molar-refractivity contribution in [1.29, 1.82) is 0 Å². The van der Waals surface area contributed by atoms with E-state index in [1.807, 2.05) is 4.98 Å². The van der Waals surface area contributed by atoms with E-state index in [4.69, 9.17) is 6.42 Å². The van der Waals surface area contributed by atoms with Crippen LogP contribution in [0, 0.1) is 18.2 Å². The highest BCUT2D eigenvalue weighted by Crippen LogP contribution is 1.96. The second-order valence-corrected chi connectivity index (χ2v) is 3.09. The van der Waals surface area contributed by atoms with Gasteiger partial charge in [-0.2, -0.15) is 4.39 Å². The predicted molar refractivity (Wildman–Crippen MR) is 54.0 cm³/mol. The summed E-state index contributed by atoms with van der Waals surface area (Å²) in [5.41, 5.74) is -1.58. The zero-order valence-electron chi connectivity index (χ0n) is 8.12. The molecule has 0 spiro atoms. The lowest BCUT2D eigenvalue weighted by Crippen LogP contribution is -2.31. The summed E-state index contributed by atoms with van der Waals surface area (Å²) >= 11 is 0. The van der Waals surface area contributed by atoms with Gasteiger partial charge in [-0.1, -0.05) is 0 Å². The third-order valence-electron chi connectivity index (χ3n) is 1.94. The van der Waals surface area contributed by atoms with Crippen LogP contribution in [0.2, 0.25) is 0 Å². The Balaban J connectivity index is 2.71. The fourth-order valence-corrected chi connectivity index (χ4v) is 1.16. The first-order valence-electron chi connectivity index (χ1n) is 4.58. The van der Waals surface area contributed by atoms with Gasteiger partial charge < -0.3 is 0 Å². The minimum absolute atomic E-state index is 0.355. The number of hydrogen-bond donors (Lipinski definition) is 1. The van der Waals surface area contributed by atoms with Crippen molar-refractivity contribution in [3.8, 4) is 12.3 Å². The maximum Gasteiger partial charge on any atom is 0.328 e. The molecule has 0 aliphatic rings. The first-order valence-corrected chi connectivity index (χ1v) is 4.58. The van der Waals surface area contributed by atoms with Gasteiger partial charge in [-0.05, 0) is 12.8 Å². The van der Waals surface area contributed by atoms with Crippen molar-refractivity contribution in [3.05, 3.63) is 32.9 Å². The average Bonchev–Trinajstić information content (AvgIpc) is 2.20. The monoisotopic (exact) mass is 210 g/mol. The van der Waals surface area contributed by atoms with Crippen molar-refractivity contribution in [3.63, 3.8) is 0 Å². The zero-order chi connectivity index (χ0) is 11.3. The fourth-order valence-electron chi connectivity index (χ4n) is 1.16. The van der Waals surface area contributed by atoms with Crippen LogP contribution >= 0.6 is 0 Å². The van der Waals surface area contributed by atoms with Crippen LogP contribution in [-0.4, -0.2) is 9.55 Å². The number of hydrogen-bond acceptors (Lipinski definition) is 2. The van der Waals surface area contributed by atoms with Gasteiger partial charge in [0.05, 0.1) is 6.20 Å². The van der Waals surface area contributed by atoms with E-state index in [-0.39, 0.29) is 0 Å². The summed E-state index contributed by atoms with van der Waals surface area (Å²) in [6, 6.07) is 0. The molecule has 0 unspecified atom stereocenters. The summed E-state index contributed by atoms with van der Waals surface area (Å²) in [5.74, 6) is 1.52. The van der Waals surface area contributed by atoms with Crippen LogP contribution < -0.4 is 11.2 Å². The summed E-state index contributed by atoms with van der Waals surface area (Å²) < 4.78 is 13.9. The summed E-state index contributed by atoms with van der Waals surface area (Å²) in [6.07, 6.45) is 8.04. The van der Waals surface area contributed by atoms with Gasteiger partial charge in [0.1, 0.15) is 0 Å². The van der Waals surface area contributed by atoms with Crippen molar-refractivity contribution in [2.75, 3.05) is 0 Å². The number of nitrogens with one attached hydrogen (secondary N) is 1. The first kappa shape index (κ1) is 11.2. The standard InChI is InChI=1S/C10H11FN2O2/c1-2-3-4-5-6-13-7-8(11)9(14)12-10(13)15/h1,7H,3-6H2,(H,12,14,15). The molecule has 0 saturated carbocycles. The van der Waals surface area contributed by atoms with Crippen LogP contribution in [0.3, 0.4) is 0 Å². The third kappa shape index (κ3) is 3.09. The van der Waals surface area contributed by atoms with Crippen LogP contribution in [0.1, 0.15) is 19.3 Å². The number of halogens is 1. The van der Waals surface area contributed by atoms with Gasteiger partial charge in [0.25, 0.3) is 5.56 Å². The molecule has 4 nitrogen and oxygen atoms in total. The Hall–Kier alpha value is -1.83. The van der Waals surface area contributed by atoms with Gasteiger partial charge in [0, 0.05) is 13.0 Å². The highest BCUT2D eigenvalue weighted by molar-refractivity contribution is 4.87. The third-order valence-corrected chi connectivity index (χ3v) is 1.94. The molecule has 0 aromatic carbocycles. The van der Waals surface area contributed by atoms with E-state index in [0.29, 0.717) is 19.4 Å². The van der Waals surface area contributed by atoms with E-state index in [2.05, 4.69) is 5.92 Å². The Morgan fingerprint density at radius 1 is 1.47 bits per heavy atom. The summed E-state index contributed by atoms with van der Waals surface area (Å²) in [5, 5.41) is 0. The lowest BCUT2D eigenvalue weighted by atomic mass is 10.2. The molecule has 1 heterocycles. The number of H-pyrrole nitrogens is 1. The van der Waals surface area contributed by atoms with E-state index in [0.717, 1.165) is 17.2 Å². The van der Waals surface area contributed by atoms with E-state index >= 15 is 0 Å². The number of aryl methyl sites for hydroxylation is 1. The smallest absolute Gasteiger partial charge is 0.298 e. The molecule has 0 amide bonds. The molecule has 0 aliphatic carbocycles. The van der Waals surface area contributed by atoms with Crippen LogP contribution in [0.5, 0.6) is 0 Å². The summed E-state index contributed by atoms with van der Waals surface area (Å²) in [4.78, 5) is 23.7. The maximum atomic E-state index is 12.8. The summed E-state index contributed by atoms with van der Waals surface area (Å²) in [6.45, 7) is 0.355. The molecule has 80 valence electrons. The highest BCUT2D eigenvalue weighted by atomic mass is 19.1. The molecule has 1 aromatic rings. The zero-order valence-corrected chi connectivity index (χ0v) is 8.12. The van der Waals surface area contributed by atoms with Gasteiger partial charge in [-0.25, -0.2) is 4.79 Å². The van der Waals surface area contributed by atoms with E-state index in [9.17, 15) is 14.0 Å². The van der Waals surface area contributed by atoms with Gasteiger partial charge in [0.2, 0.25) is 5.82 Å². The minimum atomic E-state index is -0.986. The molecule has 0 atom stereocenters. The molecular formula is C10H11FN2O2. The molecule has 15 heavy (non-hydrogen) atoms. The molecule has 5 heteroatoms. The van der Waals surface area contributed by atoms with Crippen molar-refractivity contribution >= 4 is 0 Å². The molecule has 0 fully saturated rings. The van der Waals surface area contributed by atoms with Crippen LogP contribution in [0.25, 0.3) is 0 Å². The highest BCUT2D eigenvalue weighted by Gasteiger charge is 2.02. The van der Waals surface area contributed by atoms with Crippen molar-refractivity contribution in [2.24, 2.45) is 0 Å². The first-order chi connectivity index (χ1) is 7.15. The minimum Gasteiger partial charge on any atom is -0.298 e. The normalized spacial score (nSPS) is 9.87. The molecule has 0 radical (unpaired) electrons. The lowest BCUT2D eigenvalue weighted by Gasteiger charge is -2.03. The van der Waals surface area contributed by atoms with Crippen LogP contribution in [0.15, 0.2) is 15.8 Å². The number of unbranched alkanes of at least 4 members (excludes halogenated alkanes) is 2. The number of terminal acetylenes is 1. The molecule has 0 saturated heterocycles. The van der Waals surface area contributed by atoms with Gasteiger partial charge in [-0.15, -0.1) is 12.3 Å². The largest absolute Gasteiger partial charge is 0.328 e. The lowest BCUT2D eigenvalue weighted by molar-refractivity contribution is 0.531. The molecule has 1 aromatic heterocycles. The topological polar surface area (TPSA) is 54.9 Å². The quantitative estimate of drug-likeness (QED) is 0.580. The van der Waals surface area contributed by atoms with E-state index in [1.165, 1.54) is 0 Å². The molecule has 1 rings (SSSR count). The second-order valence-electron chi connectivity index (χ2n) is 3.09. The molecule has 1 N–H and O–H groups in total. The van der Waals surface area contributed by atoms with Crippen LogP contribution in [-0.2, 0) is 6.54 Å².